The number of benzene rings is 1. The molecule has 8 heteroatoms. The monoisotopic (exact) mass is 314 g/mol. The van der Waals surface area contributed by atoms with Gasteiger partial charge in [-0.25, -0.2) is 0 Å². The number of aliphatic imine (C=N–C) groups is 1. The molecule has 3 rings (SSSR count). The molecule has 1 aromatic carbocycles. The number of hydrogen-bond acceptors (Lipinski definition) is 5. The van der Waals surface area contributed by atoms with E-state index >= 15 is 0 Å². The maximum Gasteiger partial charge on any atom is 0.311 e. The van der Waals surface area contributed by atoms with Gasteiger partial charge in [-0.3, -0.25) is 14.9 Å². The molecule has 110 valence electrons. The summed E-state index contributed by atoms with van der Waals surface area (Å²) in [5.41, 5.74) is 7.28. The highest BCUT2D eigenvalue weighted by atomic mass is 32.2. The zero-order valence-electron chi connectivity index (χ0n) is 11.2. The summed E-state index contributed by atoms with van der Waals surface area (Å²) in [7, 11) is 0. The number of carbonyl (C=O) groups is 1. The smallest absolute Gasteiger partial charge is 0.311 e. The van der Waals surface area contributed by atoms with Crippen LogP contribution in [0.1, 0.15) is 5.69 Å². The predicted octanol–water partition coefficient (Wildman–Crippen LogP) is 2.95. The van der Waals surface area contributed by atoms with Crippen LogP contribution in [0.15, 0.2) is 52.5 Å². The third kappa shape index (κ3) is 2.63. The van der Waals surface area contributed by atoms with Gasteiger partial charge < -0.3 is 10.3 Å². The highest BCUT2D eigenvalue weighted by Crippen LogP contribution is 2.28. The number of carbonyl (C=O) groups excluding carboxylic acids is 1. The van der Waals surface area contributed by atoms with Gasteiger partial charge in [-0.05, 0) is 42.1 Å². The van der Waals surface area contributed by atoms with Gasteiger partial charge in [0.05, 0.1) is 9.83 Å². The third-order valence-corrected chi connectivity index (χ3v) is 3.87. The molecule has 1 aromatic heterocycles. The van der Waals surface area contributed by atoms with E-state index in [0.29, 0.717) is 4.91 Å². The van der Waals surface area contributed by atoms with Gasteiger partial charge in [-0.1, -0.05) is 0 Å². The second-order valence-electron chi connectivity index (χ2n) is 4.45. The predicted molar refractivity (Wildman–Crippen MR) is 85.0 cm³/mol. The summed E-state index contributed by atoms with van der Waals surface area (Å²) in [6.07, 6.45) is 3.58. The molecule has 2 heterocycles. The molecular formula is C14H10N4O3S. The van der Waals surface area contributed by atoms with E-state index in [1.807, 2.05) is 22.9 Å². The van der Waals surface area contributed by atoms with E-state index in [9.17, 15) is 14.9 Å². The van der Waals surface area contributed by atoms with Gasteiger partial charge in [-0.2, -0.15) is 4.99 Å². The van der Waals surface area contributed by atoms with Crippen LogP contribution in [0.5, 0.6) is 0 Å². The van der Waals surface area contributed by atoms with Gasteiger partial charge in [0.2, 0.25) is 0 Å². The van der Waals surface area contributed by atoms with Crippen molar-refractivity contribution >= 4 is 34.6 Å². The SMILES string of the molecule is NC1=NC(=O)SC1=Cc1cccn1-c1ccc([N+](=O)[O-])cc1. The summed E-state index contributed by atoms with van der Waals surface area (Å²) >= 11 is 0.973. The van der Waals surface area contributed by atoms with E-state index in [0.717, 1.165) is 23.1 Å². The van der Waals surface area contributed by atoms with Gasteiger partial charge in [0.25, 0.3) is 5.69 Å². The van der Waals surface area contributed by atoms with Crippen molar-refractivity contribution in [2.45, 2.75) is 0 Å². The van der Waals surface area contributed by atoms with Crippen molar-refractivity contribution in [1.29, 1.82) is 0 Å². The lowest BCUT2D eigenvalue weighted by atomic mass is 10.2. The van der Waals surface area contributed by atoms with Crippen LogP contribution in [0.25, 0.3) is 11.8 Å². The Bertz CT molecular complexity index is 821. The molecule has 0 spiro atoms. The van der Waals surface area contributed by atoms with Crippen molar-refractivity contribution in [2.75, 3.05) is 0 Å². The second-order valence-corrected chi connectivity index (χ2v) is 5.44. The van der Waals surface area contributed by atoms with Crippen LogP contribution in [-0.2, 0) is 0 Å². The molecule has 2 aromatic rings. The minimum Gasteiger partial charge on any atom is -0.383 e. The van der Waals surface area contributed by atoms with Crippen molar-refractivity contribution in [1.82, 2.24) is 4.57 Å². The van der Waals surface area contributed by atoms with Gasteiger partial charge in [0.1, 0.15) is 5.84 Å². The Balaban J connectivity index is 1.96. The van der Waals surface area contributed by atoms with Gasteiger partial charge in [-0.15, -0.1) is 0 Å². The molecule has 0 radical (unpaired) electrons. The van der Waals surface area contributed by atoms with Crippen LogP contribution in [-0.4, -0.2) is 20.6 Å². The normalized spacial score (nSPS) is 16.1. The number of nitro benzene ring substituents is 1. The summed E-state index contributed by atoms with van der Waals surface area (Å²) in [4.78, 5) is 25.7. The van der Waals surface area contributed by atoms with Crippen LogP contribution >= 0.6 is 11.8 Å². The van der Waals surface area contributed by atoms with Crippen LogP contribution < -0.4 is 5.73 Å². The quantitative estimate of drug-likeness (QED) is 0.693. The molecule has 0 saturated heterocycles. The Kier molecular flexibility index (Phi) is 3.51. The minimum atomic E-state index is -0.444. The Labute approximate surface area is 129 Å². The lowest BCUT2D eigenvalue weighted by Crippen LogP contribution is -2.09. The molecule has 0 saturated carbocycles. The standard InChI is InChI=1S/C14H10N4O3S/c15-13-12(22-14(19)16-13)8-11-2-1-7-17(11)9-3-5-10(6-4-9)18(20)21/h1-8H,(H2,15,16,19). The molecule has 0 fully saturated rings. The summed E-state index contributed by atoms with van der Waals surface area (Å²) in [6, 6.07) is 9.88. The number of nitrogens with two attached hydrogens (primary N) is 1. The first-order valence-corrected chi connectivity index (χ1v) is 7.06. The number of amidine groups is 1. The van der Waals surface area contributed by atoms with Crippen molar-refractivity contribution in [3.8, 4) is 5.69 Å². The topological polar surface area (TPSA) is 104 Å². The number of thioether (sulfide) groups is 1. The summed E-state index contributed by atoms with van der Waals surface area (Å²) in [5.74, 6) is 0.200. The fourth-order valence-corrected chi connectivity index (χ4v) is 2.70. The molecule has 0 bridgehead atoms. The van der Waals surface area contributed by atoms with E-state index in [2.05, 4.69) is 4.99 Å². The van der Waals surface area contributed by atoms with E-state index in [-0.39, 0.29) is 16.8 Å². The summed E-state index contributed by atoms with van der Waals surface area (Å²) in [6.45, 7) is 0. The molecule has 0 unspecified atom stereocenters. The molecule has 2 N–H and O–H groups in total. The minimum absolute atomic E-state index is 0.0316. The number of hydrogen-bond donors (Lipinski definition) is 1. The molecule has 0 atom stereocenters. The zero-order valence-corrected chi connectivity index (χ0v) is 12.0. The molecule has 1 aliphatic heterocycles. The van der Waals surface area contributed by atoms with Crippen LogP contribution in [0.3, 0.4) is 0 Å². The van der Waals surface area contributed by atoms with Gasteiger partial charge >= 0.3 is 5.24 Å². The van der Waals surface area contributed by atoms with E-state index < -0.39 is 4.92 Å². The Hall–Kier alpha value is -2.87. The Morgan fingerprint density at radius 1 is 1.27 bits per heavy atom. The first kappa shape index (κ1) is 14.1. The second kappa shape index (κ2) is 5.49. The van der Waals surface area contributed by atoms with E-state index in [1.54, 1.807) is 18.2 Å². The van der Waals surface area contributed by atoms with Crippen LogP contribution in [0.2, 0.25) is 0 Å². The molecule has 1 aliphatic rings. The molecule has 22 heavy (non-hydrogen) atoms. The Morgan fingerprint density at radius 3 is 2.59 bits per heavy atom. The number of nitro groups is 1. The van der Waals surface area contributed by atoms with Gasteiger partial charge in [0.15, 0.2) is 0 Å². The number of non-ortho nitro benzene ring substituents is 1. The fraction of sp³-hybridized carbons (Fsp3) is 0. The average molecular weight is 314 g/mol. The lowest BCUT2D eigenvalue weighted by molar-refractivity contribution is -0.384. The maximum absolute atomic E-state index is 11.2. The van der Waals surface area contributed by atoms with Gasteiger partial charge in [0, 0.05) is 29.7 Å². The zero-order chi connectivity index (χ0) is 15.7. The van der Waals surface area contributed by atoms with E-state index in [1.165, 1.54) is 12.1 Å². The highest BCUT2D eigenvalue weighted by Gasteiger charge is 2.19. The molecule has 0 aliphatic carbocycles. The maximum atomic E-state index is 11.2. The average Bonchev–Trinajstić information content (AvgIpc) is 3.06. The molecular weight excluding hydrogens is 304 g/mol. The largest absolute Gasteiger partial charge is 0.383 e. The highest BCUT2D eigenvalue weighted by molar-refractivity contribution is 8.18. The van der Waals surface area contributed by atoms with Crippen LogP contribution in [0, 0.1) is 10.1 Å². The number of aromatic nitrogens is 1. The van der Waals surface area contributed by atoms with Crippen molar-refractivity contribution < 1.29 is 9.72 Å². The third-order valence-electron chi connectivity index (χ3n) is 3.06. The lowest BCUT2D eigenvalue weighted by Gasteiger charge is -2.07. The first-order chi connectivity index (χ1) is 10.5. The molecule has 7 nitrogen and oxygen atoms in total. The van der Waals surface area contributed by atoms with Crippen molar-refractivity contribution in [3.05, 3.63) is 63.3 Å². The number of rotatable bonds is 3. The first-order valence-electron chi connectivity index (χ1n) is 6.25. The van der Waals surface area contributed by atoms with Crippen molar-refractivity contribution in [3.63, 3.8) is 0 Å². The van der Waals surface area contributed by atoms with Crippen molar-refractivity contribution in [2.24, 2.45) is 10.7 Å². The Morgan fingerprint density at radius 2 is 2.00 bits per heavy atom. The number of nitrogens with zero attached hydrogens (tertiary/aromatic N) is 3. The summed E-state index contributed by atoms with van der Waals surface area (Å²) < 4.78 is 1.84. The van der Waals surface area contributed by atoms with Crippen LogP contribution in [0.4, 0.5) is 10.5 Å². The molecule has 1 amide bonds. The van der Waals surface area contributed by atoms with E-state index in [4.69, 9.17) is 5.73 Å². The fourth-order valence-electron chi connectivity index (χ4n) is 2.04. The number of amides is 1. The summed E-state index contributed by atoms with van der Waals surface area (Å²) in [5, 5.41) is 10.4.